The lowest BCUT2D eigenvalue weighted by Crippen LogP contribution is -2.35. The standard InChI is InChI=1S/C7H15N3O/c8-2-4-10-7(11)6-1-3-9-5-6/h6,9H,1-5,8H2,(H,10,11). The molecular formula is C7H15N3O. The predicted octanol–water partition coefficient (Wildman–Crippen LogP) is -1.33. The lowest BCUT2D eigenvalue weighted by Gasteiger charge is -2.07. The Morgan fingerprint density at radius 1 is 1.73 bits per heavy atom. The van der Waals surface area contributed by atoms with Crippen LogP contribution in [0.3, 0.4) is 0 Å². The summed E-state index contributed by atoms with van der Waals surface area (Å²) in [7, 11) is 0. The summed E-state index contributed by atoms with van der Waals surface area (Å²) in [6, 6.07) is 0. The van der Waals surface area contributed by atoms with Crippen LogP contribution in [0.5, 0.6) is 0 Å². The second-order valence-corrected chi connectivity index (χ2v) is 2.77. The molecule has 0 aliphatic carbocycles. The van der Waals surface area contributed by atoms with Gasteiger partial charge in [0.05, 0.1) is 5.92 Å². The van der Waals surface area contributed by atoms with Gasteiger partial charge < -0.3 is 16.4 Å². The van der Waals surface area contributed by atoms with E-state index in [2.05, 4.69) is 10.6 Å². The first kappa shape index (κ1) is 8.49. The maximum Gasteiger partial charge on any atom is 0.224 e. The summed E-state index contributed by atoms with van der Waals surface area (Å²) in [6.07, 6.45) is 0.955. The third kappa shape index (κ3) is 2.48. The second kappa shape index (κ2) is 4.31. The lowest BCUT2D eigenvalue weighted by atomic mass is 10.1. The van der Waals surface area contributed by atoms with Gasteiger partial charge in [0.1, 0.15) is 0 Å². The Morgan fingerprint density at radius 2 is 2.55 bits per heavy atom. The Hall–Kier alpha value is -0.610. The average molecular weight is 157 g/mol. The molecule has 0 bridgehead atoms. The zero-order chi connectivity index (χ0) is 8.10. The highest BCUT2D eigenvalue weighted by molar-refractivity contribution is 5.79. The molecule has 0 saturated carbocycles. The monoisotopic (exact) mass is 157 g/mol. The molecule has 64 valence electrons. The van der Waals surface area contributed by atoms with Gasteiger partial charge in [-0.25, -0.2) is 0 Å². The van der Waals surface area contributed by atoms with Crippen LogP contribution < -0.4 is 16.4 Å². The first-order chi connectivity index (χ1) is 5.34. The number of nitrogens with one attached hydrogen (secondary N) is 2. The first-order valence-electron chi connectivity index (χ1n) is 4.03. The molecule has 1 saturated heterocycles. The van der Waals surface area contributed by atoms with Crippen LogP contribution in [0.1, 0.15) is 6.42 Å². The second-order valence-electron chi connectivity index (χ2n) is 2.77. The van der Waals surface area contributed by atoms with Crippen LogP contribution in [0.15, 0.2) is 0 Å². The van der Waals surface area contributed by atoms with E-state index in [9.17, 15) is 4.79 Å². The van der Waals surface area contributed by atoms with Crippen LogP contribution in [0, 0.1) is 5.92 Å². The maximum absolute atomic E-state index is 11.2. The third-order valence-electron chi connectivity index (χ3n) is 1.87. The molecule has 1 aliphatic heterocycles. The van der Waals surface area contributed by atoms with Gasteiger partial charge in [-0.15, -0.1) is 0 Å². The minimum atomic E-state index is 0.139. The van der Waals surface area contributed by atoms with Gasteiger partial charge in [-0.05, 0) is 13.0 Å². The topological polar surface area (TPSA) is 67.1 Å². The van der Waals surface area contributed by atoms with Crippen molar-refractivity contribution in [3.05, 3.63) is 0 Å². The van der Waals surface area contributed by atoms with Crippen LogP contribution in [-0.4, -0.2) is 32.1 Å². The molecule has 4 nitrogen and oxygen atoms in total. The molecule has 4 heteroatoms. The van der Waals surface area contributed by atoms with Gasteiger partial charge in [0, 0.05) is 19.6 Å². The van der Waals surface area contributed by atoms with E-state index in [-0.39, 0.29) is 11.8 Å². The summed E-state index contributed by atoms with van der Waals surface area (Å²) in [5.74, 6) is 0.307. The van der Waals surface area contributed by atoms with Crippen molar-refractivity contribution in [2.45, 2.75) is 6.42 Å². The van der Waals surface area contributed by atoms with Crippen LogP contribution in [0.4, 0.5) is 0 Å². The highest BCUT2D eigenvalue weighted by Crippen LogP contribution is 2.06. The van der Waals surface area contributed by atoms with Crippen molar-refractivity contribution in [2.24, 2.45) is 11.7 Å². The smallest absolute Gasteiger partial charge is 0.224 e. The molecule has 1 unspecified atom stereocenters. The van der Waals surface area contributed by atoms with Crippen LogP contribution in [0.25, 0.3) is 0 Å². The number of hydrogen-bond donors (Lipinski definition) is 3. The maximum atomic E-state index is 11.2. The van der Waals surface area contributed by atoms with Gasteiger partial charge in [0.2, 0.25) is 5.91 Å². The molecule has 1 aliphatic rings. The summed E-state index contributed by atoms with van der Waals surface area (Å²) in [6.45, 7) is 2.89. The minimum Gasteiger partial charge on any atom is -0.355 e. The van der Waals surface area contributed by atoms with E-state index >= 15 is 0 Å². The van der Waals surface area contributed by atoms with E-state index < -0.39 is 0 Å². The number of nitrogens with two attached hydrogens (primary N) is 1. The third-order valence-corrected chi connectivity index (χ3v) is 1.87. The van der Waals surface area contributed by atoms with Crippen LogP contribution in [-0.2, 0) is 4.79 Å². The van der Waals surface area contributed by atoms with Crippen LogP contribution >= 0.6 is 0 Å². The molecule has 1 atom stereocenters. The highest BCUT2D eigenvalue weighted by atomic mass is 16.1. The highest BCUT2D eigenvalue weighted by Gasteiger charge is 2.21. The van der Waals surface area contributed by atoms with Gasteiger partial charge in [-0.1, -0.05) is 0 Å². The van der Waals surface area contributed by atoms with Gasteiger partial charge in [-0.2, -0.15) is 0 Å². The molecule has 0 aromatic carbocycles. The Kier molecular flexibility index (Phi) is 3.32. The average Bonchev–Trinajstić information content (AvgIpc) is 2.52. The van der Waals surface area contributed by atoms with Gasteiger partial charge in [0.15, 0.2) is 0 Å². The SMILES string of the molecule is NCCNC(=O)C1CCNC1. The fourth-order valence-electron chi connectivity index (χ4n) is 1.22. The molecule has 0 radical (unpaired) electrons. The fraction of sp³-hybridized carbons (Fsp3) is 0.857. The number of carbonyl (C=O) groups is 1. The summed E-state index contributed by atoms with van der Waals surface area (Å²) < 4.78 is 0. The lowest BCUT2D eigenvalue weighted by molar-refractivity contribution is -0.124. The quantitative estimate of drug-likeness (QED) is 0.475. The van der Waals surface area contributed by atoms with Gasteiger partial charge in [-0.3, -0.25) is 4.79 Å². The zero-order valence-electron chi connectivity index (χ0n) is 6.60. The van der Waals surface area contributed by atoms with Gasteiger partial charge in [0.25, 0.3) is 0 Å². The van der Waals surface area contributed by atoms with E-state index in [1.807, 2.05) is 0 Å². The van der Waals surface area contributed by atoms with Gasteiger partial charge >= 0.3 is 0 Å². The number of amides is 1. The van der Waals surface area contributed by atoms with Crippen molar-refractivity contribution in [3.63, 3.8) is 0 Å². The Labute approximate surface area is 66.5 Å². The number of carbonyl (C=O) groups excluding carboxylic acids is 1. The van der Waals surface area contributed by atoms with Crippen molar-refractivity contribution in [3.8, 4) is 0 Å². The molecule has 1 fully saturated rings. The van der Waals surface area contributed by atoms with E-state index in [0.29, 0.717) is 13.1 Å². The molecule has 4 N–H and O–H groups in total. The number of rotatable bonds is 3. The van der Waals surface area contributed by atoms with Crippen molar-refractivity contribution in [2.75, 3.05) is 26.2 Å². The van der Waals surface area contributed by atoms with E-state index in [0.717, 1.165) is 19.5 Å². The van der Waals surface area contributed by atoms with Crippen molar-refractivity contribution < 1.29 is 4.79 Å². The molecule has 1 rings (SSSR count). The normalized spacial score (nSPS) is 23.5. The van der Waals surface area contributed by atoms with E-state index in [1.165, 1.54) is 0 Å². The Bertz CT molecular complexity index is 132. The molecule has 0 spiro atoms. The molecule has 11 heavy (non-hydrogen) atoms. The van der Waals surface area contributed by atoms with Crippen molar-refractivity contribution in [1.82, 2.24) is 10.6 Å². The largest absolute Gasteiger partial charge is 0.355 e. The summed E-state index contributed by atoms with van der Waals surface area (Å²) >= 11 is 0. The van der Waals surface area contributed by atoms with Crippen molar-refractivity contribution >= 4 is 5.91 Å². The van der Waals surface area contributed by atoms with Crippen molar-refractivity contribution in [1.29, 1.82) is 0 Å². The molecule has 1 heterocycles. The molecule has 0 aromatic rings. The number of hydrogen-bond acceptors (Lipinski definition) is 3. The zero-order valence-corrected chi connectivity index (χ0v) is 6.60. The molecule has 0 aromatic heterocycles. The first-order valence-corrected chi connectivity index (χ1v) is 4.03. The summed E-state index contributed by atoms with van der Waals surface area (Å²) in [5, 5.41) is 5.91. The Balaban J connectivity index is 2.17. The summed E-state index contributed by atoms with van der Waals surface area (Å²) in [5.41, 5.74) is 5.25. The predicted molar refractivity (Wildman–Crippen MR) is 43.0 cm³/mol. The van der Waals surface area contributed by atoms with E-state index in [1.54, 1.807) is 0 Å². The van der Waals surface area contributed by atoms with E-state index in [4.69, 9.17) is 5.73 Å². The minimum absolute atomic E-state index is 0.139. The Morgan fingerprint density at radius 3 is 3.09 bits per heavy atom. The van der Waals surface area contributed by atoms with Crippen LogP contribution in [0.2, 0.25) is 0 Å². The summed E-state index contributed by atoms with van der Waals surface area (Å²) in [4.78, 5) is 11.2. The molecular weight excluding hydrogens is 142 g/mol. The fourth-order valence-corrected chi connectivity index (χ4v) is 1.22. The molecule has 1 amide bonds.